The number of hydrogen-bond acceptors (Lipinski definition) is 5. The van der Waals surface area contributed by atoms with E-state index in [0.717, 1.165) is 15.8 Å². The molecule has 1 saturated heterocycles. The minimum Gasteiger partial charge on any atom is -0.491 e. The predicted octanol–water partition coefficient (Wildman–Crippen LogP) is 2.25. The summed E-state index contributed by atoms with van der Waals surface area (Å²) in [6.45, 7) is 6.17. The summed E-state index contributed by atoms with van der Waals surface area (Å²) in [7, 11) is 0. The minimum atomic E-state index is -1.15. The Morgan fingerprint density at radius 1 is 1.28 bits per heavy atom. The molecule has 29 heavy (non-hydrogen) atoms. The molecule has 0 aliphatic carbocycles. The maximum Gasteiger partial charge on any atom is 0.267 e. The van der Waals surface area contributed by atoms with E-state index in [-0.39, 0.29) is 31.2 Å². The monoisotopic (exact) mass is 419 g/mol. The minimum absolute atomic E-state index is 0.0694. The number of carbonyl (C=O) groups excluding carboxylic acids is 1. The first-order valence-corrected chi connectivity index (χ1v) is 9.99. The fourth-order valence-corrected chi connectivity index (χ4v) is 3.65. The summed E-state index contributed by atoms with van der Waals surface area (Å²) in [5, 5.41) is 15.8. The third-order valence-corrected chi connectivity index (χ3v) is 5.71. The number of halogens is 1. The highest BCUT2D eigenvalue weighted by atomic mass is 35.5. The lowest BCUT2D eigenvalue weighted by Crippen LogP contribution is -2.54. The molecule has 1 N–H and O–H groups in total. The fraction of sp³-hybridized carbons (Fsp3) is 0.476. The van der Waals surface area contributed by atoms with Crippen molar-refractivity contribution in [1.29, 1.82) is 0 Å². The van der Waals surface area contributed by atoms with Crippen molar-refractivity contribution in [2.24, 2.45) is 0 Å². The van der Waals surface area contributed by atoms with Crippen LogP contribution in [0.5, 0.6) is 5.75 Å². The van der Waals surface area contributed by atoms with Crippen molar-refractivity contribution in [3.8, 4) is 5.75 Å². The van der Waals surface area contributed by atoms with E-state index in [0.29, 0.717) is 35.9 Å². The highest BCUT2D eigenvalue weighted by Crippen LogP contribution is 2.28. The zero-order valence-corrected chi connectivity index (χ0v) is 17.7. The van der Waals surface area contributed by atoms with Gasteiger partial charge in [-0.3, -0.25) is 9.59 Å². The van der Waals surface area contributed by atoms with E-state index in [4.69, 9.17) is 16.3 Å². The van der Waals surface area contributed by atoms with Crippen molar-refractivity contribution in [3.63, 3.8) is 0 Å². The van der Waals surface area contributed by atoms with E-state index in [1.54, 1.807) is 17.9 Å². The number of rotatable bonds is 5. The Bertz CT molecular complexity index is 952. The summed E-state index contributed by atoms with van der Waals surface area (Å²) in [6.07, 6.45) is 1.19. The number of β-amino-alcohol motifs (C(OH)–C–C–N with tert-alkyl or cyclic N) is 1. The zero-order chi connectivity index (χ0) is 21.2. The SMILES string of the molecule is Cc1ccc(=O)n(CC(=O)N2CCCC(O)(COc3cc(C)c(Cl)c(C)c3)C2)n1. The smallest absolute Gasteiger partial charge is 0.267 e. The van der Waals surface area contributed by atoms with Gasteiger partial charge in [0.05, 0.1) is 12.2 Å². The van der Waals surface area contributed by atoms with E-state index < -0.39 is 5.60 Å². The molecule has 0 radical (unpaired) electrons. The summed E-state index contributed by atoms with van der Waals surface area (Å²) >= 11 is 6.19. The van der Waals surface area contributed by atoms with Gasteiger partial charge in [-0.15, -0.1) is 0 Å². The van der Waals surface area contributed by atoms with Crippen LogP contribution in [0.2, 0.25) is 5.02 Å². The van der Waals surface area contributed by atoms with Crippen LogP contribution in [-0.4, -0.2) is 51.0 Å². The molecule has 0 spiro atoms. The maximum atomic E-state index is 12.7. The standard InChI is InChI=1S/C21H26ClN3O4/c1-14-9-17(10-15(2)20(14)22)29-13-21(28)7-4-8-24(12-21)19(27)11-25-18(26)6-5-16(3)23-25/h5-6,9-10,28H,4,7-8,11-13H2,1-3H3. The van der Waals surface area contributed by atoms with E-state index in [1.165, 1.54) is 6.07 Å². The van der Waals surface area contributed by atoms with Crippen LogP contribution in [0.15, 0.2) is 29.1 Å². The van der Waals surface area contributed by atoms with Gasteiger partial charge >= 0.3 is 0 Å². The lowest BCUT2D eigenvalue weighted by Gasteiger charge is -2.39. The Morgan fingerprint density at radius 3 is 2.66 bits per heavy atom. The van der Waals surface area contributed by atoms with Crippen LogP contribution in [0.25, 0.3) is 0 Å². The van der Waals surface area contributed by atoms with Crippen molar-refractivity contribution in [3.05, 3.63) is 56.5 Å². The zero-order valence-electron chi connectivity index (χ0n) is 16.9. The average Bonchev–Trinajstić information content (AvgIpc) is 2.67. The maximum absolute atomic E-state index is 12.7. The van der Waals surface area contributed by atoms with E-state index >= 15 is 0 Å². The number of amides is 1. The number of benzene rings is 1. The Hall–Kier alpha value is -2.38. The van der Waals surface area contributed by atoms with Gasteiger partial charge in [0.2, 0.25) is 5.91 Å². The summed E-state index contributed by atoms with van der Waals surface area (Å²) in [5.74, 6) is 0.387. The molecule has 1 aliphatic rings. The molecule has 1 amide bonds. The van der Waals surface area contributed by atoms with Crippen molar-refractivity contribution in [1.82, 2.24) is 14.7 Å². The largest absolute Gasteiger partial charge is 0.491 e. The van der Waals surface area contributed by atoms with Crippen molar-refractivity contribution >= 4 is 17.5 Å². The first kappa shape index (κ1) is 21.3. The summed E-state index contributed by atoms with van der Waals surface area (Å²) in [6, 6.07) is 6.67. The van der Waals surface area contributed by atoms with Crippen LogP contribution >= 0.6 is 11.6 Å². The molecule has 1 aromatic heterocycles. The Morgan fingerprint density at radius 2 is 1.97 bits per heavy atom. The van der Waals surface area contributed by atoms with Crippen molar-refractivity contribution < 1.29 is 14.6 Å². The number of aliphatic hydroxyl groups is 1. The molecule has 156 valence electrons. The van der Waals surface area contributed by atoms with E-state index in [1.807, 2.05) is 26.0 Å². The average molecular weight is 420 g/mol. The van der Waals surface area contributed by atoms with Crippen molar-refractivity contribution in [2.45, 2.75) is 45.8 Å². The van der Waals surface area contributed by atoms with E-state index in [9.17, 15) is 14.7 Å². The number of piperidine rings is 1. The summed E-state index contributed by atoms with van der Waals surface area (Å²) < 4.78 is 6.99. The molecular weight excluding hydrogens is 394 g/mol. The third-order valence-electron chi connectivity index (χ3n) is 5.11. The van der Waals surface area contributed by atoms with Gasteiger partial charge in [0.1, 0.15) is 24.5 Å². The first-order chi connectivity index (χ1) is 13.7. The highest BCUT2D eigenvalue weighted by Gasteiger charge is 2.36. The van der Waals surface area contributed by atoms with Crippen LogP contribution in [-0.2, 0) is 11.3 Å². The molecule has 1 fully saturated rings. The topological polar surface area (TPSA) is 84.7 Å². The van der Waals surface area contributed by atoms with Gasteiger partial charge in [-0.2, -0.15) is 5.10 Å². The molecular formula is C21H26ClN3O4. The first-order valence-electron chi connectivity index (χ1n) is 9.61. The van der Waals surface area contributed by atoms with Gasteiger partial charge in [-0.1, -0.05) is 11.6 Å². The number of nitrogens with zero attached hydrogens (tertiary/aromatic N) is 3. The Labute approximate surface area is 174 Å². The Balaban J connectivity index is 1.65. The van der Waals surface area contributed by atoms with Crippen molar-refractivity contribution in [2.75, 3.05) is 19.7 Å². The summed E-state index contributed by atoms with van der Waals surface area (Å²) in [5.41, 5.74) is 0.998. The summed E-state index contributed by atoms with van der Waals surface area (Å²) in [4.78, 5) is 26.2. The molecule has 7 nitrogen and oxygen atoms in total. The molecule has 1 atom stereocenters. The lowest BCUT2D eigenvalue weighted by molar-refractivity contribution is -0.141. The molecule has 1 aliphatic heterocycles. The molecule has 8 heteroatoms. The fourth-order valence-electron chi connectivity index (χ4n) is 3.54. The van der Waals surface area contributed by atoms with Gasteiger partial charge in [-0.25, -0.2) is 4.68 Å². The van der Waals surface area contributed by atoms with Crippen LogP contribution in [0, 0.1) is 20.8 Å². The number of likely N-dealkylation sites (tertiary alicyclic amines) is 1. The lowest BCUT2D eigenvalue weighted by atomic mass is 9.93. The molecule has 2 heterocycles. The Kier molecular flexibility index (Phi) is 6.29. The number of hydrogen-bond donors (Lipinski definition) is 1. The van der Waals surface area contributed by atoms with Crippen LogP contribution < -0.4 is 10.3 Å². The predicted molar refractivity (Wildman–Crippen MR) is 110 cm³/mol. The third kappa shape index (κ3) is 5.16. The molecule has 1 unspecified atom stereocenters. The normalized spacial score (nSPS) is 19.3. The van der Waals surface area contributed by atoms with Gasteiger partial charge in [0.25, 0.3) is 5.56 Å². The van der Waals surface area contributed by atoms with Crippen LogP contribution in [0.4, 0.5) is 0 Å². The molecule has 0 saturated carbocycles. The number of carbonyl (C=O) groups is 1. The second-order valence-electron chi connectivity index (χ2n) is 7.77. The van der Waals surface area contributed by atoms with Gasteiger partial charge in [-0.05, 0) is 62.9 Å². The highest BCUT2D eigenvalue weighted by molar-refractivity contribution is 6.32. The molecule has 3 rings (SSSR count). The number of aromatic nitrogens is 2. The number of ether oxygens (including phenoxy) is 1. The van der Waals surface area contributed by atoms with Crippen LogP contribution in [0.3, 0.4) is 0 Å². The van der Waals surface area contributed by atoms with Gasteiger partial charge < -0.3 is 14.7 Å². The second-order valence-corrected chi connectivity index (χ2v) is 8.15. The van der Waals surface area contributed by atoms with Gasteiger partial charge in [0, 0.05) is 17.6 Å². The van der Waals surface area contributed by atoms with Crippen LogP contribution in [0.1, 0.15) is 29.7 Å². The number of aryl methyl sites for hydroxylation is 3. The quantitative estimate of drug-likeness (QED) is 0.803. The molecule has 2 aromatic rings. The molecule has 0 bridgehead atoms. The molecule has 1 aromatic carbocycles. The van der Waals surface area contributed by atoms with E-state index in [2.05, 4.69) is 5.10 Å². The second kappa shape index (κ2) is 8.55. The van der Waals surface area contributed by atoms with Gasteiger partial charge in [0.15, 0.2) is 0 Å².